The Labute approximate surface area is 187 Å². The highest BCUT2D eigenvalue weighted by Gasteiger charge is 2.22. The normalized spacial score (nSPS) is 11.0. The van der Waals surface area contributed by atoms with Gasteiger partial charge in [-0.1, -0.05) is 18.2 Å². The van der Waals surface area contributed by atoms with Crippen molar-refractivity contribution < 1.29 is 27.5 Å². The van der Waals surface area contributed by atoms with E-state index in [1.807, 2.05) is 0 Å². The van der Waals surface area contributed by atoms with Gasteiger partial charge in [0.15, 0.2) is 5.78 Å². The predicted octanol–water partition coefficient (Wildman–Crippen LogP) is 4.08. The number of ether oxygens (including phenoxy) is 2. The number of nitrogens with zero attached hydrogens (tertiary/aromatic N) is 1. The molecule has 7 nitrogen and oxygen atoms in total. The fourth-order valence-electron chi connectivity index (χ4n) is 3.03. The molecule has 0 aliphatic heterocycles. The highest BCUT2D eigenvalue weighted by Crippen LogP contribution is 2.24. The second kappa shape index (κ2) is 9.65. The van der Waals surface area contributed by atoms with Crippen molar-refractivity contribution in [3.8, 4) is 5.75 Å². The summed E-state index contributed by atoms with van der Waals surface area (Å²) < 4.78 is 37.5. The summed E-state index contributed by atoms with van der Waals surface area (Å²) in [6.45, 7) is 1.35. The second-order valence-electron chi connectivity index (χ2n) is 6.99. The Hall–Kier alpha value is -3.65. The van der Waals surface area contributed by atoms with Gasteiger partial charge in [-0.3, -0.25) is 9.10 Å². The van der Waals surface area contributed by atoms with Crippen LogP contribution in [-0.2, 0) is 21.4 Å². The van der Waals surface area contributed by atoms with E-state index in [1.165, 1.54) is 49.7 Å². The van der Waals surface area contributed by atoms with Crippen LogP contribution in [0.25, 0.3) is 0 Å². The Morgan fingerprint density at radius 2 is 1.53 bits per heavy atom. The first-order chi connectivity index (χ1) is 15.2. The first-order valence-corrected chi connectivity index (χ1v) is 11.2. The van der Waals surface area contributed by atoms with E-state index in [2.05, 4.69) is 0 Å². The maximum atomic E-state index is 12.9. The van der Waals surface area contributed by atoms with E-state index in [1.54, 1.807) is 48.5 Å². The Bertz CT molecular complexity index is 1220. The molecule has 0 saturated heterocycles. The van der Waals surface area contributed by atoms with Crippen molar-refractivity contribution in [2.24, 2.45) is 0 Å². The highest BCUT2D eigenvalue weighted by atomic mass is 32.2. The fourth-order valence-corrected chi connectivity index (χ4v) is 4.23. The average molecular weight is 454 g/mol. The maximum absolute atomic E-state index is 12.9. The van der Waals surface area contributed by atoms with Gasteiger partial charge in [0.25, 0.3) is 10.0 Å². The standard InChI is InChI=1S/C24H23NO6S/c1-17(26)19-11-14-23(30-3)20(15-19)16-31-24(27)18-9-12-22(13-10-18)32(28,29)25(2)21-7-5-4-6-8-21/h4-15H,16H2,1-3H3. The van der Waals surface area contributed by atoms with Gasteiger partial charge in [0.1, 0.15) is 12.4 Å². The van der Waals surface area contributed by atoms with Crippen LogP contribution in [0, 0.1) is 0 Å². The molecule has 3 aromatic carbocycles. The van der Waals surface area contributed by atoms with Crippen LogP contribution in [0.3, 0.4) is 0 Å². The maximum Gasteiger partial charge on any atom is 0.338 e. The van der Waals surface area contributed by atoms with Crippen LogP contribution in [0.4, 0.5) is 5.69 Å². The number of methoxy groups -OCH3 is 1. The van der Waals surface area contributed by atoms with E-state index in [4.69, 9.17) is 9.47 Å². The van der Waals surface area contributed by atoms with Gasteiger partial charge in [-0.2, -0.15) is 0 Å². The Morgan fingerprint density at radius 1 is 0.906 bits per heavy atom. The van der Waals surface area contributed by atoms with E-state index in [0.717, 1.165) is 0 Å². The lowest BCUT2D eigenvalue weighted by molar-refractivity contribution is 0.0470. The minimum Gasteiger partial charge on any atom is -0.496 e. The molecule has 0 aromatic heterocycles. The molecule has 0 aliphatic carbocycles. The molecule has 3 aromatic rings. The summed E-state index contributed by atoms with van der Waals surface area (Å²) in [6.07, 6.45) is 0. The van der Waals surface area contributed by atoms with Crippen LogP contribution in [0.15, 0.2) is 77.7 Å². The molecule has 0 aliphatic rings. The summed E-state index contributed by atoms with van der Waals surface area (Å²) in [4.78, 5) is 24.1. The van der Waals surface area contributed by atoms with Crippen molar-refractivity contribution in [2.75, 3.05) is 18.5 Å². The molecule has 166 valence electrons. The summed E-state index contributed by atoms with van der Waals surface area (Å²) in [5.41, 5.74) is 1.76. The van der Waals surface area contributed by atoms with Crippen LogP contribution in [0.1, 0.15) is 33.2 Å². The summed E-state index contributed by atoms with van der Waals surface area (Å²) in [5.74, 6) is -0.244. The summed E-state index contributed by atoms with van der Waals surface area (Å²) >= 11 is 0. The number of carbonyl (C=O) groups is 2. The molecule has 0 radical (unpaired) electrons. The first kappa shape index (κ1) is 23.0. The molecule has 3 rings (SSSR count). The topological polar surface area (TPSA) is 90.0 Å². The van der Waals surface area contributed by atoms with Crippen molar-refractivity contribution in [1.82, 2.24) is 0 Å². The molecule has 0 fully saturated rings. The van der Waals surface area contributed by atoms with Gasteiger partial charge < -0.3 is 9.47 Å². The van der Waals surface area contributed by atoms with Gasteiger partial charge in [0, 0.05) is 18.2 Å². The molecule has 0 heterocycles. The lowest BCUT2D eigenvalue weighted by Crippen LogP contribution is -2.26. The van der Waals surface area contributed by atoms with E-state index in [-0.39, 0.29) is 22.8 Å². The average Bonchev–Trinajstić information content (AvgIpc) is 2.82. The lowest BCUT2D eigenvalue weighted by atomic mass is 10.1. The number of sulfonamides is 1. The zero-order valence-electron chi connectivity index (χ0n) is 17.9. The number of rotatable bonds is 8. The SMILES string of the molecule is COc1ccc(C(C)=O)cc1COC(=O)c1ccc(S(=O)(=O)N(C)c2ccccc2)cc1. The number of hydrogen-bond donors (Lipinski definition) is 0. The molecular weight excluding hydrogens is 430 g/mol. The van der Waals surface area contributed by atoms with Crippen LogP contribution < -0.4 is 9.04 Å². The van der Waals surface area contributed by atoms with Gasteiger partial charge in [-0.05, 0) is 61.5 Å². The third kappa shape index (κ3) is 4.97. The van der Waals surface area contributed by atoms with Gasteiger partial charge in [-0.25, -0.2) is 13.2 Å². The summed E-state index contributed by atoms with van der Waals surface area (Å²) in [6, 6.07) is 19.1. The van der Waals surface area contributed by atoms with Gasteiger partial charge in [0.2, 0.25) is 0 Å². The molecule has 0 N–H and O–H groups in total. The first-order valence-electron chi connectivity index (χ1n) is 9.73. The van der Waals surface area contributed by atoms with E-state index < -0.39 is 16.0 Å². The van der Waals surface area contributed by atoms with Crippen molar-refractivity contribution >= 4 is 27.5 Å². The molecule has 0 unspecified atom stereocenters. The summed E-state index contributed by atoms with van der Waals surface area (Å²) in [5, 5.41) is 0. The number of ketones is 1. The Morgan fingerprint density at radius 3 is 2.12 bits per heavy atom. The number of benzene rings is 3. The highest BCUT2D eigenvalue weighted by molar-refractivity contribution is 7.92. The van der Waals surface area contributed by atoms with E-state index in [0.29, 0.717) is 22.6 Å². The molecule has 8 heteroatoms. The number of anilines is 1. The Kier molecular flexibility index (Phi) is 6.95. The van der Waals surface area contributed by atoms with Crippen molar-refractivity contribution in [2.45, 2.75) is 18.4 Å². The van der Waals surface area contributed by atoms with Gasteiger partial charge in [-0.15, -0.1) is 0 Å². The largest absolute Gasteiger partial charge is 0.496 e. The third-order valence-electron chi connectivity index (χ3n) is 4.91. The zero-order valence-corrected chi connectivity index (χ0v) is 18.8. The summed E-state index contributed by atoms with van der Waals surface area (Å²) in [7, 11) is -0.825. The van der Waals surface area contributed by atoms with E-state index >= 15 is 0 Å². The number of para-hydroxylation sites is 1. The number of carbonyl (C=O) groups excluding carboxylic acids is 2. The molecule has 32 heavy (non-hydrogen) atoms. The monoisotopic (exact) mass is 453 g/mol. The van der Waals surface area contributed by atoms with E-state index in [9.17, 15) is 18.0 Å². The molecule has 0 amide bonds. The third-order valence-corrected chi connectivity index (χ3v) is 6.71. The van der Waals surface area contributed by atoms with Crippen LogP contribution >= 0.6 is 0 Å². The molecule has 0 bridgehead atoms. The zero-order chi connectivity index (χ0) is 23.3. The Balaban J connectivity index is 1.73. The minimum atomic E-state index is -3.78. The molecule has 0 spiro atoms. The van der Waals surface area contributed by atoms with Crippen LogP contribution in [-0.4, -0.2) is 34.3 Å². The quantitative estimate of drug-likeness (QED) is 0.377. The second-order valence-corrected chi connectivity index (χ2v) is 8.96. The van der Waals surface area contributed by atoms with Crippen molar-refractivity contribution in [3.63, 3.8) is 0 Å². The van der Waals surface area contributed by atoms with Crippen LogP contribution in [0.5, 0.6) is 5.75 Å². The van der Waals surface area contributed by atoms with Gasteiger partial charge >= 0.3 is 5.97 Å². The van der Waals surface area contributed by atoms with Crippen molar-refractivity contribution in [1.29, 1.82) is 0 Å². The van der Waals surface area contributed by atoms with Crippen molar-refractivity contribution in [3.05, 3.63) is 89.5 Å². The fraction of sp³-hybridized carbons (Fsp3) is 0.167. The predicted molar refractivity (Wildman–Crippen MR) is 121 cm³/mol. The molecular formula is C24H23NO6S. The minimum absolute atomic E-state index is 0.0521. The number of esters is 1. The number of hydrogen-bond acceptors (Lipinski definition) is 6. The molecule has 0 saturated carbocycles. The lowest BCUT2D eigenvalue weighted by Gasteiger charge is -2.19. The van der Waals surface area contributed by atoms with Crippen LogP contribution in [0.2, 0.25) is 0 Å². The van der Waals surface area contributed by atoms with Gasteiger partial charge in [0.05, 0.1) is 23.3 Å². The number of Topliss-reactive ketones (excluding diaryl/α,β-unsaturated/α-hetero) is 1. The smallest absolute Gasteiger partial charge is 0.338 e. The molecule has 0 atom stereocenters.